The van der Waals surface area contributed by atoms with Gasteiger partial charge in [-0.15, -0.1) is 10.2 Å². The monoisotopic (exact) mass is 377 g/mol. The molecule has 3 aromatic rings. The fourth-order valence-electron chi connectivity index (χ4n) is 2.36. The number of ether oxygens (including phenoxy) is 1. The van der Waals surface area contributed by atoms with Crippen molar-refractivity contribution < 1.29 is 9.13 Å². The number of hydrogen-bond donors (Lipinski definition) is 0. The molecule has 0 aliphatic carbocycles. The molecule has 0 saturated heterocycles. The molecule has 0 saturated carbocycles. The number of thioether (sulfide) groups is 1. The van der Waals surface area contributed by atoms with Gasteiger partial charge >= 0.3 is 0 Å². The van der Waals surface area contributed by atoms with E-state index in [4.69, 9.17) is 16.3 Å². The summed E-state index contributed by atoms with van der Waals surface area (Å²) < 4.78 is 21.5. The van der Waals surface area contributed by atoms with Gasteiger partial charge in [-0.2, -0.15) is 0 Å². The van der Waals surface area contributed by atoms with Crippen LogP contribution in [0.3, 0.4) is 0 Å². The first-order valence-corrected chi connectivity index (χ1v) is 9.08. The van der Waals surface area contributed by atoms with Gasteiger partial charge < -0.3 is 9.30 Å². The molecular formula is C18H17ClFN3OS. The van der Waals surface area contributed by atoms with Crippen LogP contribution in [0.5, 0.6) is 5.75 Å². The molecule has 0 N–H and O–H groups in total. The topological polar surface area (TPSA) is 39.9 Å². The third-order valence-electron chi connectivity index (χ3n) is 3.66. The van der Waals surface area contributed by atoms with E-state index in [1.165, 1.54) is 17.8 Å². The highest BCUT2D eigenvalue weighted by Gasteiger charge is 2.17. The number of halogens is 2. The molecule has 4 nitrogen and oxygen atoms in total. The average molecular weight is 378 g/mol. The minimum Gasteiger partial charge on any atom is -0.483 e. The van der Waals surface area contributed by atoms with Crippen molar-refractivity contribution in [2.45, 2.75) is 23.9 Å². The first kappa shape index (κ1) is 17.8. The second-order valence-electron chi connectivity index (χ2n) is 5.50. The molecule has 25 heavy (non-hydrogen) atoms. The average Bonchev–Trinajstić information content (AvgIpc) is 2.95. The van der Waals surface area contributed by atoms with E-state index >= 15 is 0 Å². The number of rotatable bonds is 6. The number of hydrogen-bond acceptors (Lipinski definition) is 4. The number of benzene rings is 2. The van der Waals surface area contributed by atoms with E-state index in [1.54, 1.807) is 24.3 Å². The lowest BCUT2D eigenvalue weighted by molar-refractivity contribution is 0.211. The van der Waals surface area contributed by atoms with Crippen LogP contribution < -0.4 is 4.74 Å². The summed E-state index contributed by atoms with van der Waals surface area (Å²) in [6.45, 7) is 1.90. The summed E-state index contributed by atoms with van der Waals surface area (Å²) in [6.07, 6.45) is -0.293. The van der Waals surface area contributed by atoms with Crippen molar-refractivity contribution in [3.63, 3.8) is 0 Å². The molecule has 1 heterocycles. The lowest BCUT2D eigenvalue weighted by Crippen LogP contribution is -2.10. The molecule has 1 aromatic heterocycles. The van der Waals surface area contributed by atoms with Gasteiger partial charge in [0.05, 0.1) is 0 Å². The van der Waals surface area contributed by atoms with Gasteiger partial charge in [-0.05, 0) is 36.8 Å². The molecule has 0 aliphatic heterocycles. The lowest BCUT2D eigenvalue weighted by Gasteiger charge is -2.14. The SMILES string of the molecule is CC(Oc1cccc(Cl)c1)c1nnc(SCc2ccccc2F)n1C. The maximum atomic E-state index is 13.7. The van der Waals surface area contributed by atoms with E-state index in [0.29, 0.717) is 33.1 Å². The molecule has 2 aromatic carbocycles. The Morgan fingerprint density at radius 1 is 1.20 bits per heavy atom. The molecule has 7 heteroatoms. The normalized spacial score (nSPS) is 12.2. The third-order valence-corrected chi connectivity index (χ3v) is 4.96. The Labute approximate surface area is 155 Å². The van der Waals surface area contributed by atoms with Crippen LogP contribution in [0.1, 0.15) is 24.4 Å². The van der Waals surface area contributed by atoms with Gasteiger partial charge in [0.2, 0.25) is 0 Å². The summed E-state index contributed by atoms with van der Waals surface area (Å²) in [6, 6.07) is 13.9. The first-order chi connectivity index (χ1) is 12.0. The molecule has 0 amide bonds. The van der Waals surface area contributed by atoms with Crippen molar-refractivity contribution in [2.24, 2.45) is 7.05 Å². The predicted octanol–water partition coefficient (Wildman–Crippen LogP) is 5.04. The van der Waals surface area contributed by atoms with Crippen LogP contribution in [0, 0.1) is 5.82 Å². The first-order valence-electron chi connectivity index (χ1n) is 7.72. The van der Waals surface area contributed by atoms with Gasteiger partial charge in [0.1, 0.15) is 11.6 Å². The van der Waals surface area contributed by atoms with E-state index in [1.807, 2.05) is 36.7 Å². The van der Waals surface area contributed by atoms with Crippen LogP contribution in [-0.4, -0.2) is 14.8 Å². The molecule has 3 rings (SSSR count). The van der Waals surface area contributed by atoms with Crippen LogP contribution >= 0.6 is 23.4 Å². The summed E-state index contributed by atoms with van der Waals surface area (Å²) in [4.78, 5) is 0. The Balaban J connectivity index is 1.69. The van der Waals surface area contributed by atoms with Crippen molar-refractivity contribution in [1.29, 1.82) is 0 Å². The Morgan fingerprint density at radius 2 is 2.00 bits per heavy atom. The minimum absolute atomic E-state index is 0.213. The van der Waals surface area contributed by atoms with Gasteiger partial charge in [0.25, 0.3) is 0 Å². The third kappa shape index (κ3) is 4.32. The maximum Gasteiger partial charge on any atom is 0.191 e. The van der Waals surface area contributed by atoms with Gasteiger partial charge in [-0.25, -0.2) is 4.39 Å². The highest BCUT2D eigenvalue weighted by Crippen LogP contribution is 2.27. The molecule has 0 radical (unpaired) electrons. The standard InChI is InChI=1S/C18H17ClFN3OS/c1-12(24-15-8-5-7-14(19)10-15)17-21-22-18(23(17)2)25-11-13-6-3-4-9-16(13)20/h3-10,12H,11H2,1-2H3. The molecule has 1 atom stereocenters. The van der Waals surface area contributed by atoms with Crippen LogP contribution in [0.25, 0.3) is 0 Å². The zero-order valence-electron chi connectivity index (χ0n) is 13.8. The molecule has 130 valence electrons. The molecule has 1 unspecified atom stereocenters. The second-order valence-corrected chi connectivity index (χ2v) is 6.88. The van der Waals surface area contributed by atoms with Crippen LogP contribution in [0.4, 0.5) is 4.39 Å². The fourth-order valence-corrected chi connectivity index (χ4v) is 3.45. The number of nitrogens with zero attached hydrogens (tertiary/aromatic N) is 3. The van der Waals surface area contributed by atoms with Gasteiger partial charge in [0.15, 0.2) is 17.1 Å². The van der Waals surface area contributed by atoms with Crippen LogP contribution in [0.15, 0.2) is 53.7 Å². The highest BCUT2D eigenvalue weighted by molar-refractivity contribution is 7.98. The van der Waals surface area contributed by atoms with Gasteiger partial charge in [0, 0.05) is 17.8 Å². The summed E-state index contributed by atoms with van der Waals surface area (Å²) >= 11 is 7.41. The Morgan fingerprint density at radius 3 is 2.76 bits per heavy atom. The Hall–Kier alpha value is -2.05. The van der Waals surface area contributed by atoms with Crippen molar-refractivity contribution >= 4 is 23.4 Å². The van der Waals surface area contributed by atoms with Crippen LogP contribution in [0.2, 0.25) is 5.02 Å². The smallest absolute Gasteiger partial charge is 0.191 e. The van der Waals surface area contributed by atoms with Crippen molar-refractivity contribution in [3.8, 4) is 5.75 Å². The fraction of sp³-hybridized carbons (Fsp3) is 0.222. The number of aromatic nitrogens is 3. The molecule has 0 spiro atoms. The minimum atomic E-state index is -0.293. The lowest BCUT2D eigenvalue weighted by atomic mass is 10.2. The molecule has 0 fully saturated rings. The van der Waals surface area contributed by atoms with E-state index in [2.05, 4.69) is 10.2 Å². The largest absolute Gasteiger partial charge is 0.483 e. The summed E-state index contributed by atoms with van der Waals surface area (Å²) in [7, 11) is 1.87. The quantitative estimate of drug-likeness (QED) is 0.564. The second kappa shape index (κ2) is 7.89. The van der Waals surface area contributed by atoms with Gasteiger partial charge in [-0.1, -0.05) is 47.6 Å². The predicted molar refractivity (Wildman–Crippen MR) is 97.5 cm³/mol. The van der Waals surface area contributed by atoms with E-state index < -0.39 is 0 Å². The van der Waals surface area contributed by atoms with E-state index in [-0.39, 0.29) is 11.9 Å². The van der Waals surface area contributed by atoms with Crippen molar-refractivity contribution in [1.82, 2.24) is 14.8 Å². The molecular weight excluding hydrogens is 361 g/mol. The Kier molecular flexibility index (Phi) is 5.60. The summed E-state index contributed by atoms with van der Waals surface area (Å²) in [5.74, 6) is 1.64. The summed E-state index contributed by atoms with van der Waals surface area (Å²) in [5.41, 5.74) is 0.639. The maximum absolute atomic E-state index is 13.7. The molecule has 0 aliphatic rings. The molecule has 0 bridgehead atoms. The van der Waals surface area contributed by atoms with Gasteiger partial charge in [-0.3, -0.25) is 0 Å². The van der Waals surface area contributed by atoms with Crippen molar-refractivity contribution in [3.05, 3.63) is 70.8 Å². The van der Waals surface area contributed by atoms with Crippen molar-refractivity contribution in [2.75, 3.05) is 0 Å². The Bertz CT molecular complexity index is 871. The van der Waals surface area contributed by atoms with Crippen LogP contribution in [-0.2, 0) is 12.8 Å². The summed E-state index contributed by atoms with van der Waals surface area (Å²) in [5, 5.41) is 9.72. The van der Waals surface area contributed by atoms with E-state index in [0.717, 1.165) is 0 Å². The highest BCUT2D eigenvalue weighted by atomic mass is 35.5. The zero-order chi connectivity index (χ0) is 17.8. The van der Waals surface area contributed by atoms with E-state index in [9.17, 15) is 4.39 Å². The zero-order valence-corrected chi connectivity index (χ0v) is 15.4.